The van der Waals surface area contributed by atoms with Crippen LogP contribution in [-0.4, -0.2) is 60.4 Å². The predicted molar refractivity (Wildman–Crippen MR) is 104 cm³/mol. The van der Waals surface area contributed by atoms with E-state index in [1.54, 1.807) is 11.3 Å². The maximum atomic E-state index is 12.4. The Labute approximate surface area is 159 Å². The Morgan fingerprint density at radius 3 is 2.46 bits per heavy atom. The molecule has 0 bridgehead atoms. The molecule has 1 aromatic carbocycles. The SMILES string of the molecule is CN(Cc1cccs1)C(=O)CN1CCN(Cc2ccc(C#N)cc2)CC1. The molecule has 136 valence electrons. The molecular weight excluding hydrogens is 344 g/mol. The second-order valence-corrected chi connectivity index (χ2v) is 7.72. The monoisotopic (exact) mass is 368 g/mol. The average molecular weight is 369 g/mol. The van der Waals surface area contributed by atoms with Crippen LogP contribution in [0.2, 0.25) is 0 Å². The molecule has 0 aliphatic carbocycles. The summed E-state index contributed by atoms with van der Waals surface area (Å²) in [5.41, 5.74) is 1.92. The first-order chi connectivity index (χ1) is 12.6. The van der Waals surface area contributed by atoms with Crippen LogP contribution in [0.5, 0.6) is 0 Å². The molecule has 2 heterocycles. The van der Waals surface area contributed by atoms with Gasteiger partial charge in [-0.25, -0.2) is 0 Å². The molecule has 26 heavy (non-hydrogen) atoms. The third kappa shape index (κ3) is 5.15. The second kappa shape index (κ2) is 8.95. The van der Waals surface area contributed by atoms with Gasteiger partial charge in [-0.2, -0.15) is 5.26 Å². The first-order valence-corrected chi connectivity index (χ1v) is 9.72. The largest absolute Gasteiger partial charge is 0.340 e. The molecule has 3 rings (SSSR count). The van der Waals surface area contributed by atoms with Gasteiger partial charge in [0.1, 0.15) is 0 Å². The number of likely N-dealkylation sites (N-methyl/N-ethyl adjacent to an activating group) is 1. The molecule has 1 fully saturated rings. The van der Waals surface area contributed by atoms with Crippen LogP contribution in [0.25, 0.3) is 0 Å². The summed E-state index contributed by atoms with van der Waals surface area (Å²) in [6, 6.07) is 14.0. The van der Waals surface area contributed by atoms with Gasteiger partial charge in [-0.1, -0.05) is 18.2 Å². The van der Waals surface area contributed by atoms with Crippen LogP contribution < -0.4 is 0 Å². The normalized spacial score (nSPS) is 15.5. The van der Waals surface area contributed by atoms with Crippen molar-refractivity contribution >= 4 is 17.2 Å². The Balaban J connectivity index is 1.41. The number of rotatable bonds is 6. The number of thiophene rings is 1. The lowest BCUT2D eigenvalue weighted by molar-refractivity contribution is -0.132. The Morgan fingerprint density at radius 2 is 1.85 bits per heavy atom. The second-order valence-electron chi connectivity index (χ2n) is 6.69. The van der Waals surface area contributed by atoms with Gasteiger partial charge in [-0.05, 0) is 29.1 Å². The molecule has 0 spiro atoms. The van der Waals surface area contributed by atoms with Gasteiger partial charge >= 0.3 is 0 Å². The molecule has 1 amide bonds. The van der Waals surface area contributed by atoms with Crippen molar-refractivity contribution in [2.75, 3.05) is 39.8 Å². The molecule has 1 aliphatic heterocycles. The number of nitriles is 1. The molecule has 5 nitrogen and oxygen atoms in total. The van der Waals surface area contributed by atoms with Crippen LogP contribution in [0, 0.1) is 11.3 Å². The standard InChI is InChI=1S/C20H24N4OS/c1-22(15-19-3-2-12-26-19)20(25)16-24-10-8-23(9-11-24)14-18-6-4-17(13-21)5-7-18/h2-7,12H,8-11,14-16H2,1H3. The number of amides is 1. The fourth-order valence-corrected chi connectivity index (χ4v) is 3.84. The smallest absolute Gasteiger partial charge is 0.236 e. The van der Waals surface area contributed by atoms with Crippen molar-refractivity contribution < 1.29 is 4.79 Å². The Bertz CT molecular complexity index is 743. The van der Waals surface area contributed by atoms with E-state index >= 15 is 0 Å². The quantitative estimate of drug-likeness (QED) is 0.786. The van der Waals surface area contributed by atoms with Crippen molar-refractivity contribution in [2.24, 2.45) is 0 Å². The lowest BCUT2D eigenvalue weighted by Gasteiger charge is -2.35. The van der Waals surface area contributed by atoms with E-state index in [-0.39, 0.29) is 5.91 Å². The summed E-state index contributed by atoms with van der Waals surface area (Å²) in [4.78, 5) is 20.1. The average Bonchev–Trinajstić information content (AvgIpc) is 3.17. The number of hydrogen-bond acceptors (Lipinski definition) is 5. The molecule has 2 aromatic rings. The minimum atomic E-state index is 0.180. The van der Waals surface area contributed by atoms with Gasteiger partial charge in [0.25, 0.3) is 0 Å². The third-order valence-electron chi connectivity index (χ3n) is 4.71. The predicted octanol–water partition coefficient (Wildman–Crippen LogP) is 2.40. The van der Waals surface area contributed by atoms with Crippen LogP contribution >= 0.6 is 11.3 Å². The molecular formula is C20H24N4OS. The summed E-state index contributed by atoms with van der Waals surface area (Å²) in [5, 5.41) is 10.9. The highest BCUT2D eigenvalue weighted by Gasteiger charge is 2.20. The summed E-state index contributed by atoms with van der Waals surface area (Å²) < 4.78 is 0. The fourth-order valence-electron chi connectivity index (χ4n) is 3.08. The van der Waals surface area contributed by atoms with E-state index in [1.807, 2.05) is 47.7 Å². The lowest BCUT2D eigenvalue weighted by Crippen LogP contribution is -2.49. The van der Waals surface area contributed by atoms with Gasteiger partial charge < -0.3 is 4.90 Å². The van der Waals surface area contributed by atoms with Gasteiger partial charge in [0.05, 0.1) is 24.7 Å². The summed E-state index contributed by atoms with van der Waals surface area (Å²) in [7, 11) is 1.88. The molecule has 1 saturated heterocycles. The van der Waals surface area contributed by atoms with Gasteiger partial charge in [-0.3, -0.25) is 14.6 Å². The van der Waals surface area contributed by atoms with Crippen LogP contribution in [-0.2, 0) is 17.9 Å². The molecule has 1 aliphatic rings. The van der Waals surface area contributed by atoms with Crippen molar-refractivity contribution in [3.63, 3.8) is 0 Å². The van der Waals surface area contributed by atoms with Crippen LogP contribution in [0.1, 0.15) is 16.0 Å². The number of carbonyl (C=O) groups excluding carboxylic acids is 1. The molecule has 0 radical (unpaired) electrons. The highest BCUT2D eigenvalue weighted by Crippen LogP contribution is 2.12. The number of piperazine rings is 1. The minimum absolute atomic E-state index is 0.180. The van der Waals surface area contributed by atoms with Crippen molar-refractivity contribution in [3.8, 4) is 6.07 Å². The van der Waals surface area contributed by atoms with Crippen LogP contribution in [0.15, 0.2) is 41.8 Å². The summed E-state index contributed by atoms with van der Waals surface area (Å²) >= 11 is 1.69. The van der Waals surface area contributed by atoms with E-state index in [9.17, 15) is 4.79 Å². The molecule has 0 atom stereocenters. The maximum Gasteiger partial charge on any atom is 0.236 e. The highest BCUT2D eigenvalue weighted by atomic mass is 32.1. The third-order valence-corrected chi connectivity index (χ3v) is 5.57. The van der Waals surface area contributed by atoms with E-state index in [0.29, 0.717) is 18.7 Å². The van der Waals surface area contributed by atoms with Crippen molar-refractivity contribution in [1.82, 2.24) is 14.7 Å². The number of benzene rings is 1. The van der Waals surface area contributed by atoms with Crippen LogP contribution in [0.3, 0.4) is 0 Å². The first-order valence-electron chi connectivity index (χ1n) is 8.84. The van der Waals surface area contributed by atoms with Crippen LogP contribution in [0.4, 0.5) is 0 Å². The number of carbonyl (C=O) groups is 1. The number of hydrogen-bond donors (Lipinski definition) is 0. The Morgan fingerprint density at radius 1 is 1.15 bits per heavy atom. The summed E-state index contributed by atoms with van der Waals surface area (Å²) in [6.07, 6.45) is 0. The molecule has 0 unspecified atom stereocenters. The van der Waals surface area contributed by atoms with Gasteiger partial charge in [-0.15, -0.1) is 11.3 Å². The van der Waals surface area contributed by atoms with E-state index in [4.69, 9.17) is 5.26 Å². The van der Waals surface area contributed by atoms with E-state index in [2.05, 4.69) is 21.9 Å². The van der Waals surface area contributed by atoms with Crippen molar-refractivity contribution in [1.29, 1.82) is 5.26 Å². The first kappa shape index (κ1) is 18.6. The summed E-state index contributed by atoms with van der Waals surface area (Å²) in [5.74, 6) is 0.180. The van der Waals surface area contributed by atoms with Crippen molar-refractivity contribution in [3.05, 3.63) is 57.8 Å². The fraction of sp³-hybridized carbons (Fsp3) is 0.400. The molecule has 1 aromatic heterocycles. The van der Waals surface area contributed by atoms with E-state index < -0.39 is 0 Å². The lowest BCUT2D eigenvalue weighted by atomic mass is 10.1. The highest BCUT2D eigenvalue weighted by molar-refractivity contribution is 7.09. The van der Waals surface area contributed by atoms with E-state index in [1.165, 1.54) is 10.4 Å². The topological polar surface area (TPSA) is 50.6 Å². The zero-order valence-electron chi connectivity index (χ0n) is 15.1. The van der Waals surface area contributed by atoms with E-state index in [0.717, 1.165) is 32.7 Å². The Kier molecular flexibility index (Phi) is 6.40. The minimum Gasteiger partial charge on any atom is -0.340 e. The molecule has 0 N–H and O–H groups in total. The van der Waals surface area contributed by atoms with Gasteiger partial charge in [0.15, 0.2) is 0 Å². The number of nitrogens with zero attached hydrogens (tertiary/aromatic N) is 4. The van der Waals surface area contributed by atoms with Crippen molar-refractivity contribution in [2.45, 2.75) is 13.1 Å². The molecule has 6 heteroatoms. The Hall–Kier alpha value is -2.20. The van der Waals surface area contributed by atoms with Gasteiger partial charge in [0, 0.05) is 44.6 Å². The maximum absolute atomic E-state index is 12.4. The summed E-state index contributed by atoms with van der Waals surface area (Å²) in [6.45, 7) is 5.82. The van der Waals surface area contributed by atoms with Gasteiger partial charge in [0.2, 0.25) is 5.91 Å². The molecule has 0 saturated carbocycles. The zero-order chi connectivity index (χ0) is 18.4. The zero-order valence-corrected chi connectivity index (χ0v) is 15.9.